The second-order valence-electron chi connectivity index (χ2n) is 5.37. The van der Waals surface area contributed by atoms with Crippen molar-refractivity contribution in [3.8, 4) is 11.5 Å². The highest BCUT2D eigenvalue weighted by Gasteiger charge is 2.09. The van der Waals surface area contributed by atoms with Crippen molar-refractivity contribution in [3.63, 3.8) is 0 Å². The molecule has 6 nitrogen and oxygen atoms in total. The lowest BCUT2D eigenvalue weighted by atomic mass is 10.1. The Morgan fingerprint density at radius 3 is 2.71 bits per heavy atom. The molecular weight excluding hydrogens is 304 g/mol. The van der Waals surface area contributed by atoms with Gasteiger partial charge in [0.25, 0.3) is 0 Å². The quantitative estimate of drug-likeness (QED) is 0.754. The number of benzene rings is 2. The maximum atomic E-state index is 11.8. The van der Waals surface area contributed by atoms with Gasteiger partial charge in [0, 0.05) is 24.2 Å². The minimum absolute atomic E-state index is 0.264. The van der Waals surface area contributed by atoms with Crippen molar-refractivity contribution in [1.29, 1.82) is 0 Å². The van der Waals surface area contributed by atoms with Gasteiger partial charge in [0.05, 0.1) is 0 Å². The summed E-state index contributed by atoms with van der Waals surface area (Å²) in [6.45, 7) is 2.42. The van der Waals surface area contributed by atoms with Gasteiger partial charge in [-0.3, -0.25) is 0 Å². The first kappa shape index (κ1) is 15.7. The molecule has 2 N–H and O–H groups in total. The fourth-order valence-electron chi connectivity index (χ4n) is 2.23. The molecule has 0 spiro atoms. The largest absolute Gasteiger partial charge is 0.421 e. The molecule has 0 saturated carbocycles. The van der Waals surface area contributed by atoms with Gasteiger partial charge in [0.15, 0.2) is 0 Å². The predicted octanol–water partition coefficient (Wildman–Crippen LogP) is 3.41. The predicted molar refractivity (Wildman–Crippen MR) is 91.6 cm³/mol. The summed E-state index contributed by atoms with van der Waals surface area (Å²) in [6.07, 6.45) is 0.473. The Kier molecular flexibility index (Phi) is 4.86. The van der Waals surface area contributed by atoms with E-state index in [-0.39, 0.29) is 6.03 Å². The van der Waals surface area contributed by atoms with E-state index in [1.54, 1.807) is 0 Å². The molecule has 1 aromatic heterocycles. The van der Waals surface area contributed by atoms with Crippen LogP contribution in [0.3, 0.4) is 0 Å². The van der Waals surface area contributed by atoms with Gasteiger partial charge >= 0.3 is 6.03 Å². The number of aryl methyl sites for hydroxylation is 1. The number of nitrogens with zero attached hydrogens (tertiary/aromatic N) is 2. The monoisotopic (exact) mass is 322 g/mol. The molecule has 0 bridgehead atoms. The van der Waals surface area contributed by atoms with Gasteiger partial charge in [0.2, 0.25) is 11.8 Å². The summed E-state index contributed by atoms with van der Waals surface area (Å²) >= 11 is 0. The Bertz CT molecular complexity index is 815. The van der Waals surface area contributed by atoms with Crippen LogP contribution < -0.4 is 10.6 Å². The SMILES string of the molecule is Cc1cccc(-c2nnc(CCNC(=O)Nc3ccccc3)o2)c1. The van der Waals surface area contributed by atoms with Gasteiger partial charge in [-0.15, -0.1) is 10.2 Å². The van der Waals surface area contributed by atoms with E-state index in [4.69, 9.17) is 4.42 Å². The molecule has 0 radical (unpaired) electrons. The molecule has 0 aliphatic heterocycles. The topological polar surface area (TPSA) is 80.0 Å². The third kappa shape index (κ3) is 4.19. The zero-order valence-electron chi connectivity index (χ0n) is 13.3. The Balaban J connectivity index is 1.50. The molecule has 1 heterocycles. The third-order valence-corrected chi connectivity index (χ3v) is 3.39. The van der Waals surface area contributed by atoms with Crippen LogP contribution in [0, 0.1) is 6.92 Å². The first-order chi connectivity index (χ1) is 11.7. The van der Waals surface area contributed by atoms with Crippen LogP contribution in [-0.2, 0) is 6.42 Å². The summed E-state index contributed by atoms with van der Waals surface area (Å²) in [4.78, 5) is 11.8. The van der Waals surface area contributed by atoms with E-state index >= 15 is 0 Å². The maximum Gasteiger partial charge on any atom is 0.319 e. The van der Waals surface area contributed by atoms with Crippen molar-refractivity contribution in [2.24, 2.45) is 0 Å². The smallest absolute Gasteiger partial charge is 0.319 e. The summed E-state index contributed by atoms with van der Waals surface area (Å²) in [5.41, 5.74) is 2.77. The van der Waals surface area contributed by atoms with Crippen LogP contribution in [0.2, 0.25) is 0 Å². The van der Waals surface area contributed by atoms with E-state index in [1.807, 2.05) is 61.5 Å². The molecule has 3 aromatic rings. The third-order valence-electron chi connectivity index (χ3n) is 3.39. The first-order valence-electron chi connectivity index (χ1n) is 7.70. The van der Waals surface area contributed by atoms with Crippen molar-refractivity contribution >= 4 is 11.7 Å². The van der Waals surface area contributed by atoms with Crippen molar-refractivity contribution < 1.29 is 9.21 Å². The average Bonchev–Trinajstić information content (AvgIpc) is 3.05. The van der Waals surface area contributed by atoms with Crippen molar-refractivity contribution in [3.05, 3.63) is 66.1 Å². The molecule has 0 aliphatic carbocycles. The first-order valence-corrected chi connectivity index (χ1v) is 7.70. The van der Waals surface area contributed by atoms with E-state index < -0.39 is 0 Å². The molecule has 0 unspecified atom stereocenters. The summed E-state index contributed by atoms with van der Waals surface area (Å²) in [5.74, 6) is 0.981. The molecule has 3 rings (SSSR count). The van der Waals surface area contributed by atoms with E-state index in [0.717, 1.165) is 16.8 Å². The highest BCUT2D eigenvalue weighted by molar-refractivity contribution is 5.89. The zero-order chi connectivity index (χ0) is 16.8. The van der Waals surface area contributed by atoms with Crippen LogP contribution in [-0.4, -0.2) is 22.8 Å². The number of amides is 2. The van der Waals surface area contributed by atoms with Crippen LogP contribution in [0.25, 0.3) is 11.5 Å². The second kappa shape index (κ2) is 7.41. The number of aromatic nitrogens is 2. The number of carbonyl (C=O) groups excluding carboxylic acids is 1. The summed E-state index contributed by atoms with van der Waals surface area (Å²) in [5, 5.41) is 13.6. The minimum atomic E-state index is -0.264. The lowest BCUT2D eigenvalue weighted by Gasteiger charge is -2.06. The van der Waals surface area contributed by atoms with E-state index in [2.05, 4.69) is 20.8 Å². The van der Waals surface area contributed by atoms with E-state index in [9.17, 15) is 4.79 Å². The second-order valence-corrected chi connectivity index (χ2v) is 5.37. The molecule has 0 atom stereocenters. The molecular formula is C18H18N4O2. The van der Waals surface area contributed by atoms with E-state index in [0.29, 0.717) is 24.7 Å². The van der Waals surface area contributed by atoms with Gasteiger partial charge < -0.3 is 15.1 Å². The van der Waals surface area contributed by atoms with Crippen LogP contribution >= 0.6 is 0 Å². The van der Waals surface area contributed by atoms with Gasteiger partial charge in [-0.25, -0.2) is 4.79 Å². The van der Waals surface area contributed by atoms with Crippen LogP contribution in [0.4, 0.5) is 10.5 Å². The molecule has 0 saturated heterocycles. The van der Waals surface area contributed by atoms with Gasteiger partial charge in [-0.2, -0.15) is 0 Å². The lowest BCUT2D eigenvalue weighted by Crippen LogP contribution is -2.30. The highest BCUT2D eigenvalue weighted by Crippen LogP contribution is 2.18. The molecule has 122 valence electrons. The van der Waals surface area contributed by atoms with Gasteiger partial charge in [-0.1, -0.05) is 35.9 Å². The average molecular weight is 322 g/mol. The molecule has 6 heteroatoms. The Labute approximate surface area is 139 Å². The number of urea groups is 1. The normalized spacial score (nSPS) is 10.4. The summed E-state index contributed by atoms with van der Waals surface area (Å²) in [6, 6.07) is 16.9. The number of rotatable bonds is 5. The van der Waals surface area contributed by atoms with Crippen LogP contribution in [0.1, 0.15) is 11.5 Å². The van der Waals surface area contributed by atoms with Crippen LogP contribution in [0.15, 0.2) is 59.0 Å². The molecule has 0 aliphatic rings. The van der Waals surface area contributed by atoms with Crippen molar-refractivity contribution in [2.45, 2.75) is 13.3 Å². The summed E-state index contributed by atoms with van der Waals surface area (Å²) < 4.78 is 5.63. The van der Waals surface area contributed by atoms with E-state index in [1.165, 1.54) is 0 Å². The lowest BCUT2D eigenvalue weighted by molar-refractivity contribution is 0.252. The number of hydrogen-bond acceptors (Lipinski definition) is 4. The number of para-hydroxylation sites is 1. The zero-order valence-corrected chi connectivity index (χ0v) is 13.3. The molecule has 2 aromatic carbocycles. The number of carbonyl (C=O) groups is 1. The molecule has 0 fully saturated rings. The molecule has 24 heavy (non-hydrogen) atoms. The summed E-state index contributed by atoms with van der Waals surface area (Å²) in [7, 11) is 0. The maximum absolute atomic E-state index is 11.8. The van der Waals surface area contributed by atoms with Gasteiger partial charge in [0.1, 0.15) is 0 Å². The Morgan fingerprint density at radius 2 is 1.92 bits per heavy atom. The van der Waals surface area contributed by atoms with Crippen LogP contribution in [0.5, 0.6) is 0 Å². The van der Waals surface area contributed by atoms with Crippen molar-refractivity contribution in [2.75, 3.05) is 11.9 Å². The number of anilines is 1. The van der Waals surface area contributed by atoms with Gasteiger partial charge in [-0.05, 0) is 31.2 Å². The fraction of sp³-hybridized carbons (Fsp3) is 0.167. The van der Waals surface area contributed by atoms with Crippen molar-refractivity contribution in [1.82, 2.24) is 15.5 Å². The minimum Gasteiger partial charge on any atom is -0.421 e. The Hall–Kier alpha value is -3.15. The number of nitrogens with one attached hydrogen (secondary N) is 2. The standard InChI is InChI=1S/C18H18N4O2/c1-13-6-5-7-14(12-13)17-22-21-16(24-17)10-11-19-18(23)20-15-8-3-2-4-9-15/h2-9,12H,10-11H2,1H3,(H2,19,20,23). The molecule has 2 amide bonds. The fourth-order valence-corrected chi connectivity index (χ4v) is 2.23. The highest BCUT2D eigenvalue weighted by atomic mass is 16.4. The number of hydrogen-bond donors (Lipinski definition) is 2. The Morgan fingerprint density at radius 1 is 1.08 bits per heavy atom.